The molecule has 1 aromatic heterocycles. The predicted molar refractivity (Wildman–Crippen MR) is 97.0 cm³/mol. The molecule has 0 atom stereocenters. The van der Waals surface area contributed by atoms with Gasteiger partial charge in [0.2, 0.25) is 0 Å². The average molecular weight is 336 g/mol. The molecule has 4 rings (SSSR count). The number of aromatic carboxylic acids is 1. The molecule has 0 unspecified atom stereocenters. The number of carboxylic acids is 1. The highest BCUT2D eigenvalue weighted by atomic mass is 16.4. The van der Waals surface area contributed by atoms with Crippen LogP contribution in [0.2, 0.25) is 0 Å². The maximum absolute atomic E-state index is 10.9. The number of anilines is 1. The maximum atomic E-state index is 10.9. The molecule has 0 saturated carbocycles. The summed E-state index contributed by atoms with van der Waals surface area (Å²) in [6.45, 7) is 4.58. The van der Waals surface area contributed by atoms with E-state index < -0.39 is 5.97 Å². The zero-order valence-corrected chi connectivity index (χ0v) is 13.9. The van der Waals surface area contributed by atoms with E-state index in [4.69, 9.17) is 5.11 Å². The first kappa shape index (κ1) is 15.7. The fourth-order valence-electron chi connectivity index (χ4n) is 3.27. The number of nitrogens with zero attached hydrogens (tertiary/aromatic N) is 3. The Bertz CT molecular complexity index is 847. The molecule has 2 N–H and O–H groups in total. The van der Waals surface area contributed by atoms with Crippen molar-refractivity contribution in [3.05, 3.63) is 59.9 Å². The summed E-state index contributed by atoms with van der Waals surface area (Å²) >= 11 is 0. The van der Waals surface area contributed by atoms with Crippen molar-refractivity contribution in [2.75, 3.05) is 31.1 Å². The van der Waals surface area contributed by atoms with Crippen molar-refractivity contribution in [3.63, 3.8) is 0 Å². The molecule has 0 radical (unpaired) electrons. The smallest absolute Gasteiger partial charge is 0.335 e. The van der Waals surface area contributed by atoms with Gasteiger partial charge in [0.05, 0.1) is 23.1 Å². The predicted octanol–water partition coefficient (Wildman–Crippen LogP) is 2.58. The lowest BCUT2D eigenvalue weighted by Gasteiger charge is -2.35. The summed E-state index contributed by atoms with van der Waals surface area (Å²) < 4.78 is 0. The van der Waals surface area contributed by atoms with Gasteiger partial charge in [-0.05, 0) is 36.4 Å². The molecule has 1 aliphatic heterocycles. The zero-order chi connectivity index (χ0) is 17.2. The van der Waals surface area contributed by atoms with E-state index in [1.807, 2.05) is 36.4 Å². The van der Waals surface area contributed by atoms with Crippen LogP contribution in [0.15, 0.2) is 48.5 Å². The largest absolute Gasteiger partial charge is 0.478 e. The van der Waals surface area contributed by atoms with E-state index in [2.05, 4.69) is 19.8 Å². The number of imidazole rings is 1. The van der Waals surface area contributed by atoms with Crippen LogP contribution in [-0.4, -0.2) is 52.1 Å². The number of rotatable bonds is 4. The Morgan fingerprint density at radius 1 is 1.04 bits per heavy atom. The van der Waals surface area contributed by atoms with E-state index in [-0.39, 0.29) is 0 Å². The third kappa shape index (κ3) is 3.34. The number of piperazine rings is 1. The first-order chi connectivity index (χ1) is 12.2. The van der Waals surface area contributed by atoms with Crippen LogP contribution in [0.1, 0.15) is 16.2 Å². The molecule has 6 heteroatoms. The highest BCUT2D eigenvalue weighted by Crippen LogP contribution is 2.18. The summed E-state index contributed by atoms with van der Waals surface area (Å²) in [7, 11) is 0. The number of hydrogen-bond donors (Lipinski definition) is 2. The zero-order valence-electron chi connectivity index (χ0n) is 13.9. The molecule has 1 saturated heterocycles. The minimum absolute atomic E-state index is 0.326. The number of H-pyrrole nitrogens is 1. The van der Waals surface area contributed by atoms with Gasteiger partial charge in [-0.1, -0.05) is 12.1 Å². The Morgan fingerprint density at radius 2 is 1.76 bits per heavy atom. The third-order valence-electron chi connectivity index (χ3n) is 4.66. The van der Waals surface area contributed by atoms with Gasteiger partial charge < -0.3 is 15.0 Å². The van der Waals surface area contributed by atoms with Crippen LogP contribution >= 0.6 is 0 Å². The molecule has 3 aromatic rings. The average Bonchev–Trinajstić information content (AvgIpc) is 3.05. The second kappa shape index (κ2) is 6.57. The molecular weight excluding hydrogens is 316 g/mol. The molecule has 2 heterocycles. The molecule has 2 aromatic carbocycles. The van der Waals surface area contributed by atoms with Gasteiger partial charge in [0.1, 0.15) is 5.82 Å². The molecule has 1 fully saturated rings. The fourth-order valence-corrected chi connectivity index (χ4v) is 3.27. The van der Waals surface area contributed by atoms with Gasteiger partial charge in [-0.3, -0.25) is 4.90 Å². The number of aromatic nitrogens is 2. The van der Waals surface area contributed by atoms with E-state index in [9.17, 15) is 4.79 Å². The third-order valence-corrected chi connectivity index (χ3v) is 4.66. The lowest BCUT2D eigenvalue weighted by molar-refractivity contribution is 0.0697. The van der Waals surface area contributed by atoms with Gasteiger partial charge in [0, 0.05) is 31.9 Å². The van der Waals surface area contributed by atoms with E-state index in [0.717, 1.165) is 55.3 Å². The van der Waals surface area contributed by atoms with Gasteiger partial charge in [0.25, 0.3) is 0 Å². The number of nitrogens with one attached hydrogen (secondary N) is 1. The van der Waals surface area contributed by atoms with Gasteiger partial charge in [0.15, 0.2) is 0 Å². The Hall–Kier alpha value is -2.86. The topological polar surface area (TPSA) is 72.5 Å². The Morgan fingerprint density at radius 3 is 2.44 bits per heavy atom. The second-order valence-electron chi connectivity index (χ2n) is 6.32. The highest BCUT2D eigenvalue weighted by molar-refractivity contribution is 5.88. The van der Waals surface area contributed by atoms with Crippen LogP contribution in [-0.2, 0) is 6.54 Å². The number of aromatic amines is 1. The van der Waals surface area contributed by atoms with Crippen LogP contribution < -0.4 is 4.90 Å². The van der Waals surface area contributed by atoms with Crippen LogP contribution in [0.25, 0.3) is 11.0 Å². The highest BCUT2D eigenvalue weighted by Gasteiger charge is 2.18. The molecule has 0 spiro atoms. The summed E-state index contributed by atoms with van der Waals surface area (Å²) in [6, 6.07) is 15.2. The monoisotopic (exact) mass is 336 g/mol. The quantitative estimate of drug-likeness (QED) is 0.766. The van der Waals surface area contributed by atoms with Crippen molar-refractivity contribution in [2.45, 2.75) is 6.54 Å². The lowest BCUT2D eigenvalue weighted by Crippen LogP contribution is -2.46. The number of carboxylic acid groups (broad SMARTS) is 1. The summed E-state index contributed by atoms with van der Waals surface area (Å²) in [5.74, 6) is 0.114. The first-order valence-electron chi connectivity index (χ1n) is 8.43. The van der Waals surface area contributed by atoms with Gasteiger partial charge in [-0.25, -0.2) is 9.78 Å². The van der Waals surface area contributed by atoms with Crippen LogP contribution in [0, 0.1) is 0 Å². The molecule has 0 bridgehead atoms. The molecular formula is C19H20N4O2. The number of carbonyl (C=O) groups is 1. The first-order valence-corrected chi connectivity index (χ1v) is 8.43. The van der Waals surface area contributed by atoms with E-state index in [1.54, 1.807) is 12.1 Å². The maximum Gasteiger partial charge on any atom is 0.335 e. The standard InChI is InChI=1S/C19H20N4O2/c24-19(25)14-5-7-15(8-6-14)23-11-9-22(10-12-23)13-18-20-16-3-1-2-4-17(16)21-18/h1-8H,9-13H2,(H,20,21)(H,24,25). The lowest BCUT2D eigenvalue weighted by atomic mass is 10.2. The second-order valence-corrected chi connectivity index (χ2v) is 6.32. The van der Waals surface area contributed by atoms with E-state index in [0.29, 0.717) is 5.56 Å². The number of benzene rings is 2. The number of fused-ring (bicyclic) bond motifs is 1. The van der Waals surface area contributed by atoms with Crippen LogP contribution in [0.3, 0.4) is 0 Å². The molecule has 6 nitrogen and oxygen atoms in total. The molecule has 1 aliphatic rings. The SMILES string of the molecule is O=C(O)c1ccc(N2CCN(Cc3nc4ccccc4[nH]3)CC2)cc1. The van der Waals surface area contributed by atoms with Crippen molar-refractivity contribution < 1.29 is 9.90 Å². The molecule has 0 aliphatic carbocycles. The van der Waals surface area contributed by atoms with Crippen molar-refractivity contribution in [2.24, 2.45) is 0 Å². The molecule has 128 valence electrons. The van der Waals surface area contributed by atoms with Crippen molar-refractivity contribution in [3.8, 4) is 0 Å². The van der Waals surface area contributed by atoms with Crippen molar-refractivity contribution >= 4 is 22.7 Å². The van der Waals surface area contributed by atoms with Crippen molar-refractivity contribution in [1.82, 2.24) is 14.9 Å². The van der Waals surface area contributed by atoms with Crippen molar-refractivity contribution in [1.29, 1.82) is 0 Å². The van der Waals surface area contributed by atoms with Gasteiger partial charge >= 0.3 is 5.97 Å². The minimum atomic E-state index is -0.887. The minimum Gasteiger partial charge on any atom is -0.478 e. The van der Waals surface area contributed by atoms with Crippen LogP contribution in [0.4, 0.5) is 5.69 Å². The van der Waals surface area contributed by atoms with Crippen LogP contribution in [0.5, 0.6) is 0 Å². The summed E-state index contributed by atoms with van der Waals surface area (Å²) in [6.07, 6.45) is 0. The van der Waals surface area contributed by atoms with E-state index in [1.165, 1.54) is 0 Å². The van der Waals surface area contributed by atoms with Gasteiger partial charge in [-0.15, -0.1) is 0 Å². The summed E-state index contributed by atoms with van der Waals surface area (Å²) in [4.78, 5) is 23.6. The molecule has 0 amide bonds. The fraction of sp³-hybridized carbons (Fsp3) is 0.263. The Kier molecular flexibility index (Phi) is 4.11. The number of hydrogen-bond acceptors (Lipinski definition) is 4. The van der Waals surface area contributed by atoms with Gasteiger partial charge in [-0.2, -0.15) is 0 Å². The molecule has 25 heavy (non-hydrogen) atoms. The normalized spacial score (nSPS) is 15.6. The number of para-hydroxylation sites is 2. The summed E-state index contributed by atoms with van der Waals surface area (Å²) in [5, 5.41) is 8.98. The van der Waals surface area contributed by atoms with E-state index >= 15 is 0 Å². The summed E-state index contributed by atoms with van der Waals surface area (Å²) in [5.41, 5.74) is 3.49. The Labute approximate surface area is 145 Å². The Balaban J connectivity index is 1.37.